The summed E-state index contributed by atoms with van der Waals surface area (Å²) in [5, 5.41) is 16.9. The Morgan fingerprint density at radius 1 is 1.30 bits per heavy atom. The van der Waals surface area contributed by atoms with Crippen LogP contribution >= 0.6 is 0 Å². The Hall–Kier alpha value is -1.25. The molecule has 10 heavy (non-hydrogen) atoms. The molecule has 0 saturated heterocycles. The standard InChI is InChI=1S/C7H10N2O/c1-5-3-9(10)4-6(2)7(5)8/h3-4,8,10H,1-2H3. The predicted octanol–water partition coefficient (Wildman–Crippen LogP) is 0.822. The maximum atomic E-state index is 8.95. The zero-order valence-electron chi connectivity index (χ0n) is 6.05. The van der Waals surface area contributed by atoms with Crippen LogP contribution in [0.4, 0.5) is 0 Å². The lowest BCUT2D eigenvalue weighted by Gasteiger charge is -2.00. The lowest BCUT2D eigenvalue weighted by Crippen LogP contribution is -2.12. The highest BCUT2D eigenvalue weighted by Gasteiger charge is 1.93. The van der Waals surface area contributed by atoms with Crippen LogP contribution in [0.3, 0.4) is 0 Å². The second kappa shape index (κ2) is 2.17. The van der Waals surface area contributed by atoms with Crippen molar-refractivity contribution in [1.29, 1.82) is 5.41 Å². The van der Waals surface area contributed by atoms with E-state index in [9.17, 15) is 0 Å². The third-order valence-corrected chi connectivity index (χ3v) is 1.44. The molecule has 1 rings (SSSR count). The Bertz CT molecular complexity index is 275. The van der Waals surface area contributed by atoms with Gasteiger partial charge in [0.15, 0.2) is 0 Å². The molecule has 0 radical (unpaired) electrons. The Morgan fingerprint density at radius 2 is 1.70 bits per heavy atom. The van der Waals surface area contributed by atoms with Gasteiger partial charge in [0, 0.05) is 12.4 Å². The summed E-state index contributed by atoms with van der Waals surface area (Å²) in [5.41, 5.74) is 1.56. The molecule has 0 saturated carbocycles. The molecule has 0 aliphatic rings. The van der Waals surface area contributed by atoms with E-state index in [0.717, 1.165) is 15.9 Å². The lowest BCUT2D eigenvalue weighted by atomic mass is 10.2. The van der Waals surface area contributed by atoms with Gasteiger partial charge in [-0.3, -0.25) is 0 Å². The van der Waals surface area contributed by atoms with E-state index in [-0.39, 0.29) is 0 Å². The van der Waals surface area contributed by atoms with E-state index < -0.39 is 0 Å². The molecule has 54 valence electrons. The number of aryl methyl sites for hydroxylation is 2. The third-order valence-electron chi connectivity index (χ3n) is 1.44. The van der Waals surface area contributed by atoms with Crippen LogP contribution in [0.25, 0.3) is 0 Å². The van der Waals surface area contributed by atoms with Crippen molar-refractivity contribution in [3.63, 3.8) is 0 Å². The van der Waals surface area contributed by atoms with E-state index >= 15 is 0 Å². The molecular weight excluding hydrogens is 128 g/mol. The van der Waals surface area contributed by atoms with Gasteiger partial charge in [0.1, 0.15) is 0 Å². The second-order valence-corrected chi connectivity index (χ2v) is 2.38. The highest BCUT2D eigenvalue weighted by Crippen LogP contribution is 1.91. The number of pyridine rings is 1. The molecule has 1 aromatic heterocycles. The molecule has 0 aliphatic carbocycles. The first kappa shape index (κ1) is 6.86. The molecule has 0 fully saturated rings. The van der Waals surface area contributed by atoms with E-state index in [1.54, 1.807) is 13.8 Å². The Balaban J connectivity index is 3.46. The maximum Gasteiger partial charge on any atom is 0.0629 e. The van der Waals surface area contributed by atoms with Gasteiger partial charge in [0.2, 0.25) is 0 Å². The zero-order chi connectivity index (χ0) is 7.72. The van der Waals surface area contributed by atoms with Gasteiger partial charge in [-0.15, -0.1) is 0 Å². The monoisotopic (exact) mass is 138 g/mol. The summed E-state index contributed by atoms with van der Waals surface area (Å²) in [4.78, 5) is 0. The van der Waals surface area contributed by atoms with Crippen molar-refractivity contribution in [2.75, 3.05) is 0 Å². The van der Waals surface area contributed by atoms with Crippen molar-refractivity contribution in [2.24, 2.45) is 0 Å². The molecule has 3 heteroatoms. The second-order valence-electron chi connectivity index (χ2n) is 2.38. The summed E-state index contributed by atoms with van der Waals surface area (Å²) in [6.07, 6.45) is 3.02. The Labute approximate surface area is 59.0 Å². The maximum absolute atomic E-state index is 8.95. The van der Waals surface area contributed by atoms with Crippen LogP contribution in [-0.2, 0) is 0 Å². The summed E-state index contributed by atoms with van der Waals surface area (Å²) in [5.74, 6) is 0. The van der Waals surface area contributed by atoms with E-state index in [1.165, 1.54) is 12.4 Å². The molecule has 3 nitrogen and oxygen atoms in total. The molecule has 2 N–H and O–H groups in total. The number of nitrogens with one attached hydrogen (secondary N) is 1. The van der Waals surface area contributed by atoms with Gasteiger partial charge < -0.3 is 10.6 Å². The van der Waals surface area contributed by atoms with E-state index in [1.807, 2.05) is 0 Å². The molecule has 0 spiro atoms. The number of aromatic nitrogens is 1. The molecule has 1 heterocycles. The minimum atomic E-state index is 0.491. The largest absolute Gasteiger partial charge is 0.429 e. The fourth-order valence-corrected chi connectivity index (χ4v) is 0.874. The van der Waals surface area contributed by atoms with Crippen molar-refractivity contribution in [2.45, 2.75) is 13.8 Å². The summed E-state index contributed by atoms with van der Waals surface area (Å²) in [7, 11) is 0. The lowest BCUT2D eigenvalue weighted by molar-refractivity contribution is 0.183. The number of nitrogens with zero attached hydrogens (tertiary/aromatic N) is 1. The van der Waals surface area contributed by atoms with Gasteiger partial charge in [0.05, 0.1) is 5.36 Å². The Morgan fingerprint density at radius 3 is 2.10 bits per heavy atom. The van der Waals surface area contributed by atoms with Crippen LogP contribution in [0.15, 0.2) is 12.4 Å². The van der Waals surface area contributed by atoms with Gasteiger partial charge in [-0.2, -0.15) is 0 Å². The first-order valence-electron chi connectivity index (χ1n) is 3.04. The van der Waals surface area contributed by atoms with Gasteiger partial charge in [-0.1, -0.05) is 0 Å². The fraction of sp³-hybridized carbons (Fsp3) is 0.286. The van der Waals surface area contributed by atoms with Gasteiger partial charge in [0.25, 0.3) is 0 Å². The predicted molar refractivity (Wildman–Crippen MR) is 36.9 cm³/mol. The third kappa shape index (κ3) is 1.03. The molecule has 0 amide bonds. The van der Waals surface area contributed by atoms with Crippen molar-refractivity contribution >= 4 is 0 Å². The zero-order valence-corrected chi connectivity index (χ0v) is 6.05. The van der Waals surface area contributed by atoms with E-state index in [4.69, 9.17) is 10.6 Å². The smallest absolute Gasteiger partial charge is 0.0629 e. The molecule has 0 unspecified atom stereocenters. The first-order chi connectivity index (χ1) is 4.61. The molecule has 0 atom stereocenters. The normalized spacial score (nSPS) is 9.80. The number of hydrogen-bond acceptors (Lipinski definition) is 2. The van der Waals surface area contributed by atoms with Crippen LogP contribution in [0.2, 0.25) is 0 Å². The average Bonchev–Trinajstić information content (AvgIpc) is 1.82. The van der Waals surface area contributed by atoms with Crippen molar-refractivity contribution in [1.82, 2.24) is 4.73 Å². The van der Waals surface area contributed by atoms with E-state index in [0.29, 0.717) is 5.36 Å². The summed E-state index contributed by atoms with van der Waals surface area (Å²) in [6.45, 7) is 3.59. The summed E-state index contributed by atoms with van der Waals surface area (Å²) in [6, 6.07) is 0. The summed E-state index contributed by atoms with van der Waals surface area (Å²) >= 11 is 0. The molecule has 1 aromatic rings. The average molecular weight is 138 g/mol. The quantitative estimate of drug-likeness (QED) is 0.512. The first-order valence-corrected chi connectivity index (χ1v) is 3.04. The van der Waals surface area contributed by atoms with Crippen molar-refractivity contribution in [3.05, 3.63) is 28.9 Å². The molecular formula is C7H10N2O. The van der Waals surface area contributed by atoms with Gasteiger partial charge in [-0.25, -0.2) is 4.73 Å². The fourth-order valence-electron chi connectivity index (χ4n) is 0.874. The Kier molecular flexibility index (Phi) is 1.49. The minimum absolute atomic E-state index is 0.491. The minimum Gasteiger partial charge on any atom is -0.429 e. The topological polar surface area (TPSA) is 49.0 Å². The van der Waals surface area contributed by atoms with E-state index in [2.05, 4.69) is 0 Å². The summed E-state index contributed by atoms with van der Waals surface area (Å²) < 4.78 is 0.975. The van der Waals surface area contributed by atoms with Crippen LogP contribution < -0.4 is 5.36 Å². The van der Waals surface area contributed by atoms with Crippen LogP contribution in [0, 0.1) is 19.3 Å². The number of rotatable bonds is 0. The number of hydrogen-bond donors (Lipinski definition) is 2. The van der Waals surface area contributed by atoms with Crippen molar-refractivity contribution < 1.29 is 5.21 Å². The van der Waals surface area contributed by atoms with Crippen LogP contribution in [0.5, 0.6) is 0 Å². The van der Waals surface area contributed by atoms with Crippen molar-refractivity contribution in [3.8, 4) is 0 Å². The highest BCUT2D eigenvalue weighted by molar-refractivity contribution is 5.13. The highest BCUT2D eigenvalue weighted by atomic mass is 16.5. The molecule has 0 bridgehead atoms. The molecule has 0 aromatic carbocycles. The van der Waals surface area contributed by atoms with Gasteiger partial charge >= 0.3 is 0 Å². The van der Waals surface area contributed by atoms with Crippen LogP contribution in [-0.4, -0.2) is 9.94 Å². The van der Waals surface area contributed by atoms with Gasteiger partial charge in [-0.05, 0) is 25.0 Å². The SMILES string of the molecule is Cc1cn(O)cc(C)c1=N. The molecule has 0 aliphatic heterocycles. The van der Waals surface area contributed by atoms with Crippen LogP contribution in [0.1, 0.15) is 11.1 Å².